The smallest absolute Gasteiger partial charge is 0.317 e. The fourth-order valence-corrected chi connectivity index (χ4v) is 13.4. The zero-order valence-electron chi connectivity index (χ0n) is 40.6. The first-order valence-corrected chi connectivity index (χ1v) is 25.8. The van der Waals surface area contributed by atoms with Gasteiger partial charge in [0.2, 0.25) is 11.8 Å². The number of pyridine rings is 1. The molecule has 1 unspecified atom stereocenters. The number of aliphatic hydroxyl groups is 1. The molecule has 3 amide bonds. The number of hydrogen-bond donors (Lipinski definition) is 3. The number of fused-ring (bicyclic) bond motifs is 3. The molecule has 6 heterocycles. The summed E-state index contributed by atoms with van der Waals surface area (Å²) in [5.41, 5.74) is 3.49. The summed E-state index contributed by atoms with van der Waals surface area (Å²) in [7, 11) is 0. The highest BCUT2D eigenvalue weighted by molar-refractivity contribution is 6.05. The number of phenolic OH excluding ortho intramolecular Hbond substituents is 1. The number of hydrogen-bond acceptors (Lipinski definition) is 12. The number of aromatic nitrogens is 3. The van der Waals surface area contributed by atoms with Crippen LogP contribution in [0.4, 0.5) is 14.5 Å². The van der Waals surface area contributed by atoms with Crippen LogP contribution in [-0.4, -0.2) is 128 Å². The van der Waals surface area contributed by atoms with E-state index in [-0.39, 0.29) is 64.0 Å². The summed E-state index contributed by atoms with van der Waals surface area (Å²) in [6, 6.07) is 11.4. The van der Waals surface area contributed by atoms with Gasteiger partial charge in [-0.1, -0.05) is 13.0 Å². The number of aromatic hydroxyl groups is 1. The number of carbonyl (C=O) groups is 3. The van der Waals surface area contributed by atoms with E-state index in [2.05, 4.69) is 31.1 Å². The number of imide groups is 1. The monoisotopic (exact) mass is 968 g/mol. The molecule has 3 N–H and O–H groups in total. The molecule has 3 saturated heterocycles. The fourth-order valence-electron chi connectivity index (χ4n) is 13.4. The number of aryl methyl sites for hydroxylation is 1. The van der Waals surface area contributed by atoms with Gasteiger partial charge in [0.15, 0.2) is 5.82 Å². The van der Waals surface area contributed by atoms with Gasteiger partial charge in [-0.2, -0.15) is 9.97 Å². The molecule has 6 fully saturated rings. The van der Waals surface area contributed by atoms with Crippen molar-refractivity contribution in [3.8, 4) is 23.0 Å². The number of piperidine rings is 1. The van der Waals surface area contributed by atoms with Gasteiger partial charge in [-0.3, -0.25) is 29.6 Å². The number of halogens is 2. The Hall–Kier alpha value is -5.84. The highest BCUT2D eigenvalue weighted by Gasteiger charge is 2.55. The highest BCUT2D eigenvalue weighted by Crippen LogP contribution is 2.55. The van der Waals surface area contributed by atoms with Crippen molar-refractivity contribution in [3.05, 3.63) is 82.7 Å². The summed E-state index contributed by atoms with van der Waals surface area (Å²) in [4.78, 5) is 60.9. The Bertz CT molecular complexity index is 2990. The van der Waals surface area contributed by atoms with Crippen LogP contribution in [0.2, 0.25) is 0 Å². The number of ether oxygens (including phenoxy) is 1. The molecule has 3 aliphatic carbocycles. The van der Waals surface area contributed by atoms with Crippen LogP contribution in [0.1, 0.15) is 111 Å². The van der Waals surface area contributed by atoms with Crippen molar-refractivity contribution in [2.24, 2.45) is 16.7 Å². The molecule has 71 heavy (non-hydrogen) atoms. The van der Waals surface area contributed by atoms with E-state index in [1.807, 2.05) is 26.0 Å². The van der Waals surface area contributed by atoms with Gasteiger partial charge in [0.1, 0.15) is 28.8 Å². The van der Waals surface area contributed by atoms with Crippen LogP contribution in [0.25, 0.3) is 32.9 Å². The lowest BCUT2D eigenvalue weighted by molar-refractivity contribution is -0.136. The van der Waals surface area contributed by atoms with Crippen LogP contribution in [0.15, 0.2) is 48.7 Å². The number of rotatable bonds is 12. The lowest BCUT2D eigenvalue weighted by Crippen LogP contribution is -2.64. The number of amides is 3. The van der Waals surface area contributed by atoms with Crippen molar-refractivity contribution in [2.45, 2.75) is 109 Å². The first-order valence-electron chi connectivity index (χ1n) is 25.8. The molecule has 3 saturated carbocycles. The standard InChI is InChI=1S/C55H62F2N8O6/c1-3-38-42(56)9-6-33-20-37(66)21-40(45(33)38)48-46(57)49-41(25-58-48)47(34-5-4-12-53(2,70)24-34)60-52(61-49)71-31-54(13-14-54)28-63-29-55(30-63)22-32(23-55)26-62-15-17-64(18-16-62)36-7-8-39-35(19-36)27-65(51(39)69)43-10-11-44(67)59-50(43)68/h6-9,19-21,25,32,34,43,66,70H,3-5,10-18,22-24,26-31H2,1-2H3,(H,59,67,68)/t34?,43-,53-/m1/s1. The summed E-state index contributed by atoms with van der Waals surface area (Å²) < 4.78 is 38.8. The number of piperazine rings is 1. The zero-order chi connectivity index (χ0) is 49.0. The predicted molar refractivity (Wildman–Crippen MR) is 263 cm³/mol. The molecule has 0 bridgehead atoms. The molecule has 14 nitrogen and oxygen atoms in total. The molecule has 1 spiro atoms. The van der Waals surface area contributed by atoms with Gasteiger partial charge in [0.25, 0.3) is 5.91 Å². The number of likely N-dealkylation sites (tertiary alicyclic amines) is 1. The first-order chi connectivity index (χ1) is 34.1. The molecule has 4 aliphatic heterocycles. The van der Waals surface area contributed by atoms with Gasteiger partial charge in [0, 0.05) is 105 Å². The molecule has 3 atom stereocenters. The Morgan fingerprint density at radius 1 is 0.915 bits per heavy atom. The zero-order valence-corrected chi connectivity index (χ0v) is 40.6. The quantitative estimate of drug-likeness (QED) is 0.108. The third-order valence-corrected chi connectivity index (χ3v) is 17.1. The average Bonchev–Trinajstić information content (AvgIpc) is 4.02. The summed E-state index contributed by atoms with van der Waals surface area (Å²) in [5.74, 6) is -1.46. The van der Waals surface area contributed by atoms with Gasteiger partial charge in [-0.05, 0) is 141 Å². The SMILES string of the molecule is CCc1c(F)ccc2cc(O)cc(-c3ncc4c(C5CCC[C@@](C)(O)C5)nc(OCC5(CN6CC7(CC(CN8CCN(c9ccc%10c(c9)CN([C@@H]9CCC(=O)NC9=O)C%10=O)CC8)C7)C6)CC5)nc4c3F)c12. The van der Waals surface area contributed by atoms with Crippen LogP contribution in [0, 0.1) is 28.4 Å². The average molecular weight is 969 g/mol. The second-order valence-corrected chi connectivity index (χ2v) is 22.6. The van der Waals surface area contributed by atoms with E-state index in [0.29, 0.717) is 83.1 Å². The molecular formula is C55H62F2N8O6. The summed E-state index contributed by atoms with van der Waals surface area (Å²) in [6.45, 7) is 12.5. The number of nitrogens with one attached hydrogen (secondary N) is 1. The van der Waals surface area contributed by atoms with Crippen molar-refractivity contribution in [3.63, 3.8) is 0 Å². The van der Waals surface area contributed by atoms with Crippen LogP contribution in [0.3, 0.4) is 0 Å². The fraction of sp³-hybridized carbons (Fsp3) is 0.527. The van der Waals surface area contributed by atoms with Crippen LogP contribution < -0.4 is 15.0 Å². The Morgan fingerprint density at radius 3 is 2.46 bits per heavy atom. The van der Waals surface area contributed by atoms with E-state index < -0.39 is 23.3 Å². The van der Waals surface area contributed by atoms with Gasteiger partial charge < -0.3 is 29.6 Å². The Morgan fingerprint density at radius 2 is 1.72 bits per heavy atom. The van der Waals surface area contributed by atoms with E-state index >= 15 is 8.78 Å². The van der Waals surface area contributed by atoms with Crippen LogP contribution in [0.5, 0.6) is 11.8 Å². The Labute approximate surface area is 411 Å². The summed E-state index contributed by atoms with van der Waals surface area (Å²) in [6.07, 6.45) is 9.81. The van der Waals surface area contributed by atoms with Crippen molar-refractivity contribution < 1.29 is 38.1 Å². The predicted octanol–water partition coefficient (Wildman–Crippen LogP) is 7.25. The summed E-state index contributed by atoms with van der Waals surface area (Å²) in [5, 5.41) is 25.8. The van der Waals surface area contributed by atoms with Crippen molar-refractivity contribution in [2.75, 3.05) is 63.9 Å². The number of benzene rings is 3. The van der Waals surface area contributed by atoms with Gasteiger partial charge in [-0.15, -0.1) is 0 Å². The van der Waals surface area contributed by atoms with Gasteiger partial charge in [-0.25, -0.2) is 8.78 Å². The number of carbonyl (C=O) groups excluding carboxylic acids is 3. The minimum Gasteiger partial charge on any atom is -0.508 e. The topological polar surface area (TPSA) is 165 Å². The van der Waals surface area contributed by atoms with E-state index in [1.165, 1.54) is 25.0 Å². The van der Waals surface area contributed by atoms with E-state index in [0.717, 1.165) is 89.3 Å². The largest absolute Gasteiger partial charge is 0.508 e. The third kappa shape index (κ3) is 8.56. The summed E-state index contributed by atoms with van der Waals surface area (Å²) >= 11 is 0. The molecule has 16 heteroatoms. The lowest BCUT2D eigenvalue weighted by Gasteiger charge is -2.60. The molecule has 3 aromatic carbocycles. The van der Waals surface area contributed by atoms with Crippen molar-refractivity contribution >= 4 is 45.1 Å². The molecule has 372 valence electrons. The van der Waals surface area contributed by atoms with Crippen LogP contribution in [-0.2, 0) is 22.6 Å². The molecule has 5 aromatic rings. The lowest BCUT2D eigenvalue weighted by atomic mass is 9.57. The minimum absolute atomic E-state index is 0.0260. The van der Waals surface area contributed by atoms with E-state index in [9.17, 15) is 24.6 Å². The van der Waals surface area contributed by atoms with Gasteiger partial charge >= 0.3 is 6.01 Å². The number of anilines is 1. The molecule has 2 aromatic heterocycles. The van der Waals surface area contributed by atoms with E-state index in [1.54, 1.807) is 23.2 Å². The highest BCUT2D eigenvalue weighted by atomic mass is 19.1. The maximum atomic E-state index is 17.1. The van der Waals surface area contributed by atoms with E-state index in [4.69, 9.17) is 14.7 Å². The number of nitrogens with zero attached hydrogens (tertiary/aromatic N) is 7. The first kappa shape index (κ1) is 46.2. The molecular weight excluding hydrogens is 907 g/mol. The number of phenols is 1. The minimum atomic E-state index is -0.888. The Balaban J connectivity index is 0.667. The van der Waals surface area contributed by atoms with Crippen molar-refractivity contribution in [1.82, 2.24) is 35.0 Å². The molecule has 12 rings (SSSR count). The third-order valence-electron chi connectivity index (χ3n) is 17.1. The normalized spacial score (nSPS) is 25.4. The maximum Gasteiger partial charge on any atom is 0.317 e. The molecule has 0 radical (unpaired) electrons. The second kappa shape index (κ2) is 17.4. The second-order valence-electron chi connectivity index (χ2n) is 22.6. The van der Waals surface area contributed by atoms with Crippen molar-refractivity contribution in [1.29, 1.82) is 0 Å². The maximum absolute atomic E-state index is 17.1. The Kier molecular flexibility index (Phi) is 11.4. The van der Waals surface area contributed by atoms with Gasteiger partial charge in [0.05, 0.1) is 17.9 Å². The van der Waals surface area contributed by atoms with Crippen LogP contribution >= 0.6 is 0 Å². The molecule has 7 aliphatic rings.